The van der Waals surface area contributed by atoms with Gasteiger partial charge in [-0.2, -0.15) is 0 Å². The summed E-state index contributed by atoms with van der Waals surface area (Å²) in [5, 5.41) is 2.95. The summed E-state index contributed by atoms with van der Waals surface area (Å²) in [4.78, 5) is 12.0. The van der Waals surface area contributed by atoms with Gasteiger partial charge in [0.15, 0.2) is 0 Å². The van der Waals surface area contributed by atoms with Gasteiger partial charge in [-0.15, -0.1) is 0 Å². The van der Waals surface area contributed by atoms with E-state index in [0.29, 0.717) is 13.0 Å². The maximum absolute atomic E-state index is 12.0. The first-order valence-corrected chi connectivity index (χ1v) is 8.84. The molecular weight excluding hydrogens is 298 g/mol. The lowest BCUT2D eigenvalue weighted by Crippen LogP contribution is -2.11. The van der Waals surface area contributed by atoms with Gasteiger partial charge in [0, 0.05) is 18.2 Å². The van der Waals surface area contributed by atoms with Crippen molar-refractivity contribution in [3.8, 4) is 5.75 Å². The van der Waals surface area contributed by atoms with E-state index >= 15 is 0 Å². The molecule has 0 aliphatic heterocycles. The molecule has 0 aliphatic carbocycles. The van der Waals surface area contributed by atoms with Gasteiger partial charge in [0.1, 0.15) is 12.4 Å². The fourth-order valence-corrected chi connectivity index (χ4v) is 2.52. The van der Waals surface area contributed by atoms with Crippen molar-refractivity contribution in [2.24, 2.45) is 0 Å². The van der Waals surface area contributed by atoms with Crippen LogP contribution in [0.1, 0.15) is 51.0 Å². The molecule has 24 heavy (non-hydrogen) atoms. The van der Waals surface area contributed by atoms with Gasteiger partial charge in [0.25, 0.3) is 0 Å². The average molecular weight is 325 g/mol. The topological polar surface area (TPSA) is 38.3 Å². The lowest BCUT2D eigenvalue weighted by Gasteiger charge is -2.09. The molecule has 128 valence electrons. The van der Waals surface area contributed by atoms with Crippen molar-refractivity contribution in [2.75, 3.05) is 5.32 Å². The third-order valence-corrected chi connectivity index (χ3v) is 3.87. The predicted octanol–water partition coefficient (Wildman–Crippen LogP) is 5.56. The van der Waals surface area contributed by atoms with Crippen LogP contribution in [-0.4, -0.2) is 5.91 Å². The Labute approximate surface area is 145 Å². The molecule has 0 atom stereocenters. The molecule has 0 fully saturated rings. The van der Waals surface area contributed by atoms with Gasteiger partial charge in [-0.05, 0) is 24.1 Å². The number of rotatable bonds is 10. The van der Waals surface area contributed by atoms with Crippen LogP contribution >= 0.6 is 0 Å². The molecule has 0 bridgehead atoms. The van der Waals surface area contributed by atoms with Crippen molar-refractivity contribution in [1.82, 2.24) is 0 Å². The van der Waals surface area contributed by atoms with E-state index in [4.69, 9.17) is 4.74 Å². The number of ether oxygens (including phenoxy) is 1. The zero-order valence-corrected chi connectivity index (χ0v) is 14.5. The molecule has 0 unspecified atom stereocenters. The van der Waals surface area contributed by atoms with Crippen LogP contribution in [0.3, 0.4) is 0 Å². The standard InChI is InChI=1S/C21H27NO2/c1-2-3-4-5-9-15-21(23)22-19-13-10-14-20(16-19)24-17-18-11-7-6-8-12-18/h6-8,10-14,16H,2-5,9,15,17H2,1H3,(H,22,23). The number of hydrogen-bond donors (Lipinski definition) is 1. The molecule has 1 amide bonds. The molecule has 3 heteroatoms. The first kappa shape index (κ1) is 18.1. The molecule has 0 spiro atoms. The van der Waals surface area contributed by atoms with Gasteiger partial charge in [0.05, 0.1) is 0 Å². The molecule has 0 heterocycles. The van der Waals surface area contributed by atoms with Crippen molar-refractivity contribution >= 4 is 11.6 Å². The largest absolute Gasteiger partial charge is 0.489 e. The van der Waals surface area contributed by atoms with Crippen LogP contribution in [-0.2, 0) is 11.4 Å². The minimum absolute atomic E-state index is 0.0757. The summed E-state index contributed by atoms with van der Waals surface area (Å²) in [6, 6.07) is 17.6. The SMILES string of the molecule is CCCCCCCC(=O)Nc1cccc(OCc2ccccc2)c1. The van der Waals surface area contributed by atoms with Crippen LogP contribution in [0.15, 0.2) is 54.6 Å². The number of carbonyl (C=O) groups excluding carboxylic acids is 1. The van der Waals surface area contributed by atoms with Crippen LogP contribution < -0.4 is 10.1 Å². The highest BCUT2D eigenvalue weighted by Gasteiger charge is 2.04. The number of amides is 1. The van der Waals surface area contributed by atoms with Gasteiger partial charge in [0.2, 0.25) is 5.91 Å². The van der Waals surface area contributed by atoms with Crippen LogP contribution in [0.2, 0.25) is 0 Å². The Bertz CT molecular complexity index is 610. The third kappa shape index (κ3) is 6.86. The zero-order chi connectivity index (χ0) is 17.0. The summed E-state index contributed by atoms with van der Waals surface area (Å²) >= 11 is 0. The van der Waals surface area contributed by atoms with Gasteiger partial charge in [-0.1, -0.05) is 69.0 Å². The van der Waals surface area contributed by atoms with Crippen molar-refractivity contribution in [3.05, 3.63) is 60.2 Å². The van der Waals surface area contributed by atoms with E-state index in [1.807, 2.05) is 54.6 Å². The summed E-state index contributed by atoms with van der Waals surface area (Å²) in [6.45, 7) is 2.72. The Hall–Kier alpha value is -2.29. The molecule has 0 aliphatic rings. The monoisotopic (exact) mass is 325 g/mol. The van der Waals surface area contributed by atoms with Crippen molar-refractivity contribution in [2.45, 2.75) is 52.1 Å². The van der Waals surface area contributed by atoms with Gasteiger partial charge in [-0.3, -0.25) is 4.79 Å². The number of carbonyl (C=O) groups is 1. The second kappa shape index (κ2) is 10.5. The Morgan fingerprint density at radius 1 is 0.958 bits per heavy atom. The van der Waals surface area contributed by atoms with Gasteiger partial charge in [-0.25, -0.2) is 0 Å². The second-order valence-corrected chi connectivity index (χ2v) is 6.01. The smallest absolute Gasteiger partial charge is 0.224 e. The fourth-order valence-electron chi connectivity index (χ4n) is 2.52. The highest BCUT2D eigenvalue weighted by atomic mass is 16.5. The summed E-state index contributed by atoms with van der Waals surface area (Å²) in [5.74, 6) is 0.839. The first-order chi connectivity index (χ1) is 11.8. The van der Waals surface area contributed by atoms with E-state index < -0.39 is 0 Å². The normalized spacial score (nSPS) is 10.4. The van der Waals surface area contributed by atoms with Gasteiger partial charge < -0.3 is 10.1 Å². The number of anilines is 1. The Morgan fingerprint density at radius 3 is 2.54 bits per heavy atom. The maximum atomic E-state index is 12.0. The van der Waals surface area contributed by atoms with E-state index in [2.05, 4.69) is 12.2 Å². The van der Waals surface area contributed by atoms with E-state index in [0.717, 1.165) is 29.8 Å². The zero-order valence-electron chi connectivity index (χ0n) is 14.5. The Balaban J connectivity index is 1.76. The third-order valence-electron chi connectivity index (χ3n) is 3.87. The molecule has 3 nitrogen and oxygen atoms in total. The van der Waals surface area contributed by atoms with E-state index in [9.17, 15) is 4.79 Å². The summed E-state index contributed by atoms with van der Waals surface area (Å²) in [5.41, 5.74) is 1.91. The van der Waals surface area contributed by atoms with Crippen molar-refractivity contribution in [3.63, 3.8) is 0 Å². The second-order valence-electron chi connectivity index (χ2n) is 6.01. The van der Waals surface area contributed by atoms with Crippen LogP contribution in [0.5, 0.6) is 5.75 Å². The maximum Gasteiger partial charge on any atom is 0.224 e. The van der Waals surface area contributed by atoms with Crippen LogP contribution in [0, 0.1) is 0 Å². The molecule has 2 rings (SSSR count). The van der Waals surface area contributed by atoms with E-state index in [1.165, 1.54) is 19.3 Å². The average Bonchev–Trinajstić information content (AvgIpc) is 2.61. The lowest BCUT2D eigenvalue weighted by atomic mass is 10.1. The number of nitrogens with one attached hydrogen (secondary N) is 1. The predicted molar refractivity (Wildman–Crippen MR) is 99.2 cm³/mol. The summed E-state index contributed by atoms with van der Waals surface area (Å²) in [6.07, 6.45) is 6.35. The number of unbranched alkanes of at least 4 members (excludes halogenated alkanes) is 4. The van der Waals surface area contributed by atoms with Crippen LogP contribution in [0.4, 0.5) is 5.69 Å². The Morgan fingerprint density at radius 2 is 1.75 bits per heavy atom. The Kier molecular flexibility index (Phi) is 7.88. The summed E-state index contributed by atoms with van der Waals surface area (Å²) in [7, 11) is 0. The molecule has 1 N–H and O–H groups in total. The van der Waals surface area contributed by atoms with E-state index in [-0.39, 0.29) is 5.91 Å². The lowest BCUT2D eigenvalue weighted by molar-refractivity contribution is -0.116. The first-order valence-electron chi connectivity index (χ1n) is 8.84. The minimum atomic E-state index is 0.0757. The van der Waals surface area contributed by atoms with Crippen molar-refractivity contribution < 1.29 is 9.53 Å². The highest BCUT2D eigenvalue weighted by Crippen LogP contribution is 2.19. The van der Waals surface area contributed by atoms with Crippen LogP contribution in [0.25, 0.3) is 0 Å². The molecule has 2 aromatic carbocycles. The van der Waals surface area contributed by atoms with Crippen molar-refractivity contribution in [1.29, 1.82) is 0 Å². The molecule has 2 aromatic rings. The minimum Gasteiger partial charge on any atom is -0.489 e. The quantitative estimate of drug-likeness (QED) is 0.580. The van der Waals surface area contributed by atoms with Gasteiger partial charge >= 0.3 is 0 Å². The number of benzene rings is 2. The van der Waals surface area contributed by atoms with E-state index in [1.54, 1.807) is 0 Å². The fraction of sp³-hybridized carbons (Fsp3) is 0.381. The highest BCUT2D eigenvalue weighted by molar-refractivity contribution is 5.90. The molecule has 0 saturated carbocycles. The summed E-state index contributed by atoms with van der Waals surface area (Å²) < 4.78 is 5.79. The molecular formula is C21H27NO2. The molecule has 0 radical (unpaired) electrons. The number of hydrogen-bond acceptors (Lipinski definition) is 2. The molecule has 0 aromatic heterocycles. The molecule has 0 saturated heterocycles.